The van der Waals surface area contributed by atoms with Crippen molar-refractivity contribution in [1.82, 2.24) is 4.90 Å². The summed E-state index contributed by atoms with van der Waals surface area (Å²) in [4.78, 5) is 2.38. The van der Waals surface area contributed by atoms with Gasteiger partial charge in [0.25, 0.3) is 0 Å². The predicted octanol–water partition coefficient (Wildman–Crippen LogP) is 2.23. The largest absolute Gasteiger partial charge is 0.468 e. The zero-order valence-corrected chi connectivity index (χ0v) is 10.3. The Morgan fingerprint density at radius 1 is 1.56 bits per heavy atom. The molecule has 1 aliphatic rings. The van der Waals surface area contributed by atoms with E-state index in [1.807, 2.05) is 12.1 Å². The van der Waals surface area contributed by atoms with Crippen LogP contribution in [0.3, 0.4) is 0 Å². The van der Waals surface area contributed by atoms with Gasteiger partial charge in [0, 0.05) is 12.1 Å². The van der Waals surface area contributed by atoms with E-state index in [0.717, 1.165) is 31.2 Å². The van der Waals surface area contributed by atoms with Crippen molar-refractivity contribution in [3.63, 3.8) is 0 Å². The van der Waals surface area contributed by atoms with Gasteiger partial charge in [-0.25, -0.2) is 0 Å². The minimum absolute atomic E-state index is 0.173. The maximum Gasteiger partial charge on any atom is 0.117 e. The summed E-state index contributed by atoms with van der Waals surface area (Å²) in [7, 11) is 2.16. The fourth-order valence-electron chi connectivity index (χ4n) is 2.75. The highest BCUT2D eigenvalue weighted by atomic mass is 16.3. The Morgan fingerprint density at radius 2 is 2.31 bits per heavy atom. The topological polar surface area (TPSA) is 42.4 Å². The normalized spacial score (nSPS) is 20.0. The average Bonchev–Trinajstić information content (AvgIpc) is 3.01. The van der Waals surface area contributed by atoms with E-state index in [1.54, 1.807) is 6.26 Å². The Bertz CT molecular complexity index is 313. The molecule has 2 N–H and O–H groups in total. The SMILES string of the molecule is CCC(CN)(C1CC1)N(C)Cc1ccco1. The fraction of sp³-hybridized carbons (Fsp3) is 0.692. The molecule has 0 amide bonds. The van der Waals surface area contributed by atoms with E-state index in [2.05, 4.69) is 18.9 Å². The van der Waals surface area contributed by atoms with Gasteiger partial charge in [-0.15, -0.1) is 0 Å². The third kappa shape index (κ3) is 2.02. The van der Waals surface area contributed by atoms with Crippen LogP contribution in [-0.2, 0) is 6.54 Å². The maximum atomic E-state index is 6.02. The Labute approximate surface area is 97.6 Å². The van der Waals surface area contributed by atoms with Crippen LogP contribution < -0.4 is 5.73 Å². The van der Waals surface area contributed by atoms with E-state index >= 15 is 0 Å². The lowest BCUT2D eigenvalue weighted by Crippen LogP contribution is -2.53. The van der Waals surface area contributed by atoms with Gasteiger partial charge in [0.15, 0.2) is 0 Å². The van der Waals surface area contributed by atoms with E-state index in [4.69, 9.17) is 10.2 Å². The van der Waals surface area contributed by atoms with E-state index in [9.17, 15) is 0 Å². The molecular weight excluding hydrogens is 200 g/mol. The first kappa shape index (κ1) is 11.7. The summed E-state index contributed by atoms with van der Waals surface area (Å²) < 4.78 is 5.41. The highest BCUT2D eigenvalue weighted by molar-refractivity contribution is 5.05. The number of rotatable bonds is 6. The Kier molecular flexibility index (Phi) is 3.36. The molecule has 0 aliphatic heterocycles. The van der Waals surface area contributed by atoms with Gasteiger partial charge in [0.1, 0.15) is 5.76 Å². The quantitative estimate of drug-likeness (QED) is 0.802. The zero-order chi connectivity index (χ0) is 11.6. The smallest absolute Gasteiger partial charge is 0.117 e. The first-order chi connectivity index (χ1) is 7.73. The van der Waals surface area contributed by atoms with Crippen LogP contribution in [-0.4, -0.2) is 24.0 Å². The summed E-state index contributed by atoms with van der Waals surface area (Å²) in [6, 6.07) is 3.97. The first-order valence-corrected chi connectivity index (χ1v) is 6.16. The van der Waals surface area contributed by atoms with Crippen LogP contribution in [0.15, 0.2) is 22.8 Å². The Hall–Kier alpha value is -0.800. The molecule has 1 aliphatic carbocycles. The van der Waals surface area contributed by atoms with Crippen LogP contribution in [0.4, 0.5) is 0 Å². The van der Waals surface area contributed by atoms with Crippen molar-refractivity contribution in [3.05, 3.63) is 24.2 Å². The van der Waals surface area contributed by atoms with Crippen LogP contribution in [0.5, 0.6) is 0 Å². The van der Waals surface area contributed by atoms with Crippen LogP contribution in [0.1, 0.15) is 31.9 Å². The van der Waals surface area contributed by atoms with Crippen molar-refractivity contribution >= 4 is 0 Å². The summed E-state index contributed by atoms with van der Waals surface area (Å²) >= 11 is 0. The third-order valence-electron chi connectivity index (χ3n) is 4.04. The molecule has 0 spiro atoms. The molecule has 3 nitrogen and oxygen atoms in total. The molecule has 0 radical (unpaired) electrons. The number of furan rings is 1. The Morgan fingerprint density at radius 3 is 2.75 bits per heavy atom. The molecular formula is C13H22N2O. The van der Waals surface area contributed by atoms with Gasteiger partial charge in [-0.2, -0.15) is 0 Å². The van der Waals surface area contributed by atoms with Crippen LogP contribution in [0.2, 0.25) is 0 Å². The van der Waals surface area contributed by atoms with Crippen molar-refractivity contribution in [2.75, 3.05) is 13.6 Å². The van der Waals surface area contributed by atoms with Crippen molar-refractivity contribution in [2.24, 2.45) is 11.7 Å². The molecule has 1 unspecified atom stereocenters. The molecule has 1 saturated carbocycles. The minimum Gasteiger partial charge on any atom is -0.468 e. The van der Waals surface area contributed by atoms with Crippen molar-refractivity contribution < 1.29 is 4.42 Å². The molecule has 3 heteroatoms. The summed E-state index contributed by atoms with van der Waals surface area (Å²) in [5.41, 5.74) is 6.19. The summed E-state index contributed by atoms with van der Waals surface area (Å²) in [5, 5.41) is 0. The van der Waals surface area contributed by atoms with E-state index < -0.39 is 0 Å². The van der Waals surface area contributed by atoms with Crippen molar-refractivity contribution in [1.29, 1.82) is 0 Å². The highest BCUT2D eigenvalue weighted by Crippen LogP contribution is 2.44. The molecule has 90 valence electrons. The lowest BCUT2D eigenvalue weighted by atomic mass is 9.88. The predicted molar refractivity (Wildman–Crippen MR) is 65.0 cm³/mol. The lowest BCUT2D eigenvalue weighted by molar-refractivity contribution is 0.0821. The molecule has 2 rings (SSSR count). The van der Waals surface area contributed by atoms with Gasteiger partial charge in [0.05, 0.1) is 12.8 Å². The molecule has 1 aromatic rings. The van der Waals surface area contributed by atoms with Crippen molar-refractivity contribution in [2.45, 2.75) is 38.3 Å². The molecule has 16 heavy (non-hydrogen) atoms. The van der Waals surface area contributed by atoms with Gasteiger partial charge in [0.2, 0.25) is 0 Å². The monoisotopic (exact) mass is 222 g/mol. The molecule has 0 bridgehead atoms. The number of likely N-dealkylation sites (N-methyl/N-ethyl adjacent to an activating group) is 1. The second-order valence-corrected chi connectivity index (χ2v) is 4.87. The second-order valence-electron chi connectivity index (χ2n) is 4.87. The van der Waals surface area contributed by atoms with Gasteiger partial charge in [-0.1, -0.05) is 6.92 Å². The average molecular weight is 222 g/mol. The number of hydrogen-bond acceptors (Lipinski definition) is 3. The van der Waals surface area contributed by atoms with E-state index in [1.165, 1.54) is 12.8 Å². The standard InChI is InChI=1S/C13H22N2O/c1-3-13(10-14,11-6-7-11)15(2)9-12-5-4-8-16-12/h4-5,8,11H,3,6-7,9-10,14H2,1-2H3. The Balaban J connectivity index is 2.07. The molecule has 0 aromatic carbocycles. The van der Waals surface area contributed by atoms with Gasteiger partial charge in [-0.05, 0) is 44.4 Å². The minimum atomic E-state index is 0.173. The van der Waals surface area contributed by atoms with Crippen LogP contribution >= 0.6 is 0 Å². The maximum absolute atomic E-state index is 6.02. The second kappa shape index (κ2) is 4.60. The van der Waals surface area contributed by atoms with Crippen LogP contribution in [0, 0.1) is 5.92 Å². The molecule has 1 fully saturated rings. The van der Waals surface area contributed by atoms with E-state index in [-0.39, 0.29) is 5.54 Å². The lowest BCUT2D eigenvalue weighted by Gasteiger charge is -2.40. The molecule has 0 saturated heterocycles. The third-order valence-corrected chi connectivity index (χ3v) is 4.04. The fourth-order valence-corrected chi connectivity index (χ4v) is 2.75. The number of nitrogens with two attached hydrogens (primary N) is 1. The zero-order valence-electron chi connectivity index (χ0n) is 10.3. The first-order valence-electron chi connectivity index (χ1n) is 6.16. The number of nitrogens with zero attached hydrogens (tertiary/aromatic N) is 1. The molecule has 1 heterocycles. The van der Waals surface area contributed by atoms with Gasteiger partial charge < -0.3 is 10.2 Å². The van der Waals surface area contributed by atoms with Crippen molar-refractivity contribution in [3.8, 4) is 0 Å². The van der Waals surface area contributed by atoms with Gasteiger partial charge in [-0.3, -0.25) is 4.90 Å². The van der Waals surface area contributed by atoms with Gasteiger partial charge >= 0.3 is 0 Å². The molecule has 1 aromatic heterocycles. The molecule has 1 atom stereocenters. The summed E-state index contributed by atoms with van der Waals surface area (Å²) in [6.45, 7) is 3.84. The van der Waals surface area contributed by atoms with E-state index in [0.29, 0.717) is 0 Å². The summed E-state index contributed by atoms with van der Waals surface area (Å²) in [5.74, 6) is 1.80. The highest BCUT2D eigenvalue weighted by Gasteiger charge is 2.45. The summed E-state index contributed by atoms with van der Waals surface area (Å²) in [6.07, 6.45) is 5.50. The van der Waals surface area contributed by atoms with Crippen LogP contribution in [0.25, 0.3) is 0 Å². The number of hydrogen-bond donors (Lipinski definition) is 1.